The maximum absolute atomic E-state index is 9.86. The molecule has 20 heavy (non-hydrogen) atoms. The molecule has 4 bridgehead atoms. The van der Waals surface area contributed by atoms with Crippen molar-refractivity contribution >= 4 is 0 Å². The molecule has 0 radical (unpaired) electrons. The van der Waals surface area contributed by atoms with E-state index in [2.05, 4.69) is 17.9 Å². The average Bonchev–Trinajstić information content (AvgIpc) is 2.90. The van der Waals surface area contributed by atoms with Gasteiger partial charge in [-0.15, -0.1) is 0 Å². The molecule has 0 N–H and O–H groups in total. The van der Waals surface area contributed by atoms with Crippen LogP contribution in [0.25, 0.3) is 0 Å². The maximum Gasteiger partial charge on any atom is 0.106 e. The summed E-state index contributed by atoms with van der Waals surface area (Å²) in [5.74, 6) is 3.01. The van der Waals surface area contributed by atoms with Gasteiger partial charge in [0.2, 0.25) is 0 Å². The van der Waals surface area contributed by atoms with Gasteiger partial charge in [-0.1, -0.05) is 0 Å². The zero-order valence-electron chi connectivity index (χ0n) is 12.9. The molecule has 1 heterocycles. The Balaban J connectivity index is 1.56. The molecule has 5 fully saturated rings. The van der Waals surface area contributed by atoms with Crippen molar-refractivity contribution in [2.24, 2.45) is 23.2 Å². The molecule has 5 aliphatic rings. The Kier molecular flexibility index (Phi) is 2.94. The predicted molar refractivity (Wildman–Crippen MR) is 80.0 cm³/mol. The van der Waals surface area contributed by atoms with Crippen molar-refractivity contribution in [1.82, 2.24) is 4.90 Å². The molecule has 0 aromatic rings. The smallest absolute Gasteiger partial charge is 0.106 e. The van der Waals surface area contributed by atoms with Crippen LogP contribution in [0.3, 0.4) is 0 Å². The van der Waals surface area contributed by atoms with Gasteiger partial charge in [0, 0.05) is 0 Å². The largest absolute Gasteiger partial charge is 0.286 e. The highest BCUT2D eigenvalue weighted by molar-refractivity contribution is 5.12. The van der Waals surface area contributed by atoms with Gasteiger partial charge in [-0.3, -0.25) is 4.90 Å². The van der Waals surface area contributed by atoms with Gasteiger partial charge in [0.05, 0.1) is 6.07 Å². The van der Waals surface area contributed by atoms with Crippen LogP contribution in [0, 0.1) is 34.5 Å². The Bertz CT molecular complexity index is 394. The van der Waals surface area contributed by atoms with Crippen LogP contribution in [0.4, 0.5) is 0 Å². The molecule has 0 amide bonds. The first-order valence-electron chi connectivity index (χ1n) is 8.77. The van der Waals surface area contributed by atoms with Crippen molar-refractivity contribution < 1.29 is 0 Å². The molecular formula is C18H28N2. The van der Waals surface area contributed by atoms with E-state index in [1.54, 1.807) is 0 Å². The van der Waals surface area contributed by atoms with E-state index in [4.69, 9.17) is 0 Å². The minimum atomic E-state index is -0.192. The minimum Gasteiger partial charge on any atom is -0.286 e. The molecule has 4 aliphatic carbocycles. The third-order valence-corrected chi connectivity index (χ3v) is 6.93. The minimum absolute atomic E-state index is 0.192. The van der Waals surface area contributed by atoms with E-state index in [9.17, 15) is 5.26 Å². The van der Waals surface area contributed by atoms with E-state index in [0.29, 0.717) is 5.41 Å². The quantitative estimate of drug-likeness (QED) is 0.777. The highest BCUT2D eigenvalue weighted by Crippen LogP contribution is 2.62. The van der Waals surface area contributed by atoms with Crippen molar-refractivity contribution in [3.05, 3.63) is 0 Å². The molecule has 4 saturated carbocycles. The van der Waals surface area contributed by atoms with Gasteiger partial charge in [0.1, 0.15) is 5.54 Å². The summed E-state index contributed by atoms with van der Waals surface area (Å²) in [7, 11) is 0. The van der Waals surface area contributed by atoms with Crippen LogP contribution in [-0.2, 0) is 0 Å². The molecule has 2 heteroatoms. The van der Waals surface area contributed by atoms with E-state index in [1.807, 2.05) is 0 Å². The summed E-state index contributed by atoms with van der Waals surface area (Å²) < 4.78 is 0. The van der Waals surface area contributed by atoms with E-state index >= 15 is 0 Å². The van der Waals surface area contributed by atoms with Gasteiger partial charge >= 0.3 is 0 Å². The second-order valence-corrected chi connectivity index (χ2v) is 8.67. The lowest BCUT2D eigenvalue weighted by molar-refractivity contribution is -0.0749. The summed E-state index contributed by atoms with van der Waals surface area (Å²) in [5.41, 5.74) is 0.337. The van der Waals surface area contributed by atoms with Crippen molar-refractivity contribution in [2.45, 2.75) is 70.3 Å². The number of rotatable bonds is 3. The monoisotopic (exact) mass is 272 g/mol. The molecule has 1 unspecified atom stereocenters. The van der Waals surface area contributed by atoms with Gasteiger partial charge < -0.3 is 0 Å². The highest BCUT2D eigenvalue weighted by Gasteiger charge is 2.53. The molecular weight excluding hydrogens is 244 g/mol. The molecule has 5 rings (SSSR count). The number of hydrogen-bond donors (Lipinski definition) is 0. The summed E-state index contributed by atoms with van der Waals surface area (Å²) in [6.07, 6.45) is 12.6. The molecule has 0 aromatic heterocycles. The zero-order valence-corrected chi connectivity index (χ0v) is 12.9. The lowest BCUT2D eigenvalue weighted by Gasteiger charge is -2.58. The van der Waals surface area contributed by atoms with Crippen molar-refractivity contribution in [2.75, 3.05) is 13.1 Å². The summed E-state index contributed by atoms with van der Waals surface area (Å²) in [4.78, 5) is 2.49. The number of hydrogen-bond acceptors (Lipinski definition) is 2. The third-order valence-electron chi connectivity index (χ3n) is 6.93. The third kappa shape index (κ3) is 2.01. The van der Waals surface area contributed by atoms with Crippen LogP contribution in [0.5, 0.6) is 0 Å². The molecule has 0 spiro atoms. The highest BCUT2D eigenvalue weighted by atomic mass is 15.2. The van der Waals surface area contributed by atoms with Gasteiger partial charge in [0.25, 0.3) is 0 Å². The van der Waals surface area contributed by atoms with E-state index in [1.165, 1.54) is 51.4 Å². The summed E-state index contributed by atoms with van der Waals surface area (Å²) in [6.45, 7) is 4.53. The van der Waals surface area contributed by atoms with Crippen LogP contribution in [0.1, 0.15) is 64.7 Å². The lowest BCUT2D eigenvalue weighted by Crippen LogP contribution is -2.53. The Morgan fingerprint density at radius 3 is 2.00 bits per heavy atom. The fourth-order valence-corrected chi connectivity index (χ4v) is 6.67. The lowest BCUT2D eigenvalue weighted by atomic mass is 9.47. The first-order valence-corrected chi connectivity index (χ1v) is 8.77. The summed E-state index contributed by atoms with van der Waals surface area (Å²) in [6, 6.07) is 2.72. The molecule has 110 valence electrons. The van der Waals surface area contributed by atoms with Gasteiger partial charge in [-0.25, -0.2) is 0 Å². The van der Waals surface area contributed by atoms with Crippen LogP contribution in [0.15, 0.2) is 0 Å². The van der Waals surface area contributed by atoms with Gasteiger partial charge in [-0.2, -0.15) is 5.26 Å². The van der Waals surface area contributed by atoms with Crippen LogP contribution < -0.4 is 0 Å². The number of likely N-dealkylation sites (tertiary alicyclic amines) is 1. The topological polar surface area (TPSA) is 27.0 Å². The number of nitrogens with zero attached hydrogens (tertiary/aromatic N) is 2. The van der Waals surface area contributed by atoms with Crippen molar-refractivity contribution in [1.29, 1.82) is 5.26 Å². The van der Waals surface area contributed by atoms with Gasteiger partial charge in [0.15, 0.2) is 0 Å². The fourth-order valence-electron chi connectivity index (χ4n) is 6.67. The number of nitriles is 1. The normalized spacial score (nSPS) is 46.3. The van der Waals surface area contributed by atoms with E-state index in [0.717, 1.165) is 37.3 Å². The van der Waals surface area contributed by atoms with Gasteiger partial charge in [-0.05, 0) is 101 Å². The maximum atomic E-state index is 9.86. The first kappa shape index (κ1) is 13.1. The predicted octanol–water partition coefficient (Wildman–Crippen LogP) is 3.97. The molecule has 1 aliphatic heterocycles. The average molecular weight is 272 g/mol. The molecule has 2 nitrogen and oxygen atoms in total. The van der Waals surface area contributed by atoms with Crippen molar-refractivity contribution in [3.8, 4) is 6.07 Å². The second kappa shape index (κ2) is 4.47. The summed E-state index contributed by atoms with van der Waals surface area (Å²) >= 11 is 0. The fraction of sp³-hybridized carbons (Fsp3) is 0.944. The Labute approximate surface area is 123 Å². The molecule has 1 atom stereocenters. The molecule has 1 saturated heterocycles. The Hall–Kier alpha value is -0.550. The SMILES string of the molecule is CC(C#N)(CC12CC3CC(CC(C3)C1)C2)N1CCCC1. The summed E-state index contributed by atoms with van der Waals surface area (Å²) in [5, 5.41) is 9.86. The molecule has 0 aromatic carbocycles. The van der Waals surface area contributed by atoms with Crippen molar-refractivity contribution in [3.63, 3.8) is 0 Å². The first-order chi connectivity index (χ1) is 9.61. The van der Waals surface area contributed by atoms with Crippen LogP contribution >= 0.6 is 0 Å². The second-order valence-electron chi connectivity index (χ2n) is 8.67. The van der Waals surface area contributed by atoms with Crippen LogP contribution in [0.2, 0.25) is 0 Å². The zero-order chi connectivity index (χ0) is 13.8. The Morgan fingerprint density at radius 1 is 1.05 bits per heavy atom. The van der Waals surface area contributed by atoms with E-state index < -0.39 is 0 Å². The van der Waals surface area contributed by atoms with Crippen LogP contribution in [-0.4, -0.2) is 23.5 Å². The van der Waals surface area contributed by atoms with E-state index in [-0.39, 0.29) is 5.54 Å². The standard InChI is InChI=1S/C18H28N2/c1-17(13-19,20-4-2-3-5-20)12-18-9-14-6-15(10-18)8-16(7-14)11-18/h14-16H,2-12H2,1H3. The Morgan fingerprint density at radius 2 is 1.55 bits per heavy atom.